The highest BCUT2D eigenvalue weighted by Gasteiger charge is 2.13. The summed E-state index contributed by atoms with van der Waals surface area (Å²) in [4.78, 5) is 23.6. The minimum Gasteiger partial charge on any atom is -0.381 e. The fraction of sp³-hybridized carbons (Fsp3) is 0.154. The first-order valence-corrected chi connectivity index (χ1v) is 6.25. The van der Waals surface area contributed by atoms with Crippen molar-refractivity contribution < 1.29 is 9.18 Å². The van der Waals surface area contributed by atoms with Gasteiger partial charge in [-0.1, -0.05) is 6.92 Å². The lowest BCUT2D eigenvalue weighted by Crippen LogP contribution is -2.07. The molecule has 0 saturated carbocycles. The molecule has 0 aliphatic rings. The molecule has 0 fully saturated rings. The molecular formula is C13H11FN6O. The number of ketones is 1. The maximum Gasteiger partial charge on any atom is 0.253 e. The molecule has 0 amide bonds. The molecule has 8 heteroatoms. The third kappa shape index (κ3) is 2.20. The van der Waals surface area contributed by atoms with Gasteiger partial charge in [-0.25, -0.2) is 9.37 Å². The number of nitrogens with two attached hydrogens (primary N) is 1. The summed E-state index contributed by atoms with van der Waals surface area (Å²) in [6.07, 6.45) is 4.36. The molecule has 0 bridgehead atoms. The van der Waals surface area contributed by atoms with Crippen LogP contribution in [0.25, 0.3) is 17.0 Å². The Morgan fingerprint density at radius 3 is 2.86 bits per heavy atom. The number of halogens is 1. The van der Waals surface area contributed by atoms with Gasteiger partial charge in [0.2, 0.25) is 0 Å². The lowest BCUT2D eigenvalue weighted by Gasteiger charge is -2.03. The number of pyridine rings is 1. The van der Waals surface area contributed by atoms with Crippen LogP contribution in [0.4, 0.5) is 10.2 Å². The average Bonchev–Trinajstić information content (AvgIpc) is 2.92. The molecule has 3 rings (SSSR count). The van der Waals surface area contributed by atoms with Crippen LogP contribution in [-0.4, -0.2) is 30.5 Å². The van der Waals surface area contributed by atoms with Crippen molar-refractivity contribution in [3.63, 3.8) is 0 Å². The lowest BCUT2D eigenvalue weighted by atomic mass is 10.1. The standard InChI is InChI=1S/C13H11FN6O/c1-2-11(21)7-3-10-9(16-4-7)6-18-20(10)13-17-5-8(14)12(15)19-13/h3-6H,2H2,1H3,(H2,15,17,19). The molecule has 0 aliphatic heterocycles. The number of hydrogen-bond acceptors (Lipinski definition) is 6. The largest absolute Gasteiger partial charge is 0.381 e. The molecule has 0 aromatic carbocycles. The Kier molecular flexibility index (Phi) is 3.05. The van der Waals surface area contributed by atoms with E-state index in [1.807, 2.05) is 0 Å². The summed E-state index contributed by atoms with van der Waals surface area (Å²) in [5.74, 6) is -0.879. The number of nitrogen functional groups attached to an aromatic ring is 1. The van der Waals surface area contributed by atoms with E-state index in [-0.39, 0.29) is 17.5 Å². The third-order valence-corrected chi connectivity index (χ3v) is 3.01. The topological polar surface area (TPSA) is 99.6 Å². The van der Waals surface area contributed by atoms with Gasteiger partial charge in [0.25, 0.3) is 5.95 Å². The van der Waals surface area contributed by atoms with Crippen LogP contribution >= 0.6 is 0 Å². The third-order valence-electron chi connectivity index (χ3n) is 3.01. The number of aromatic nitrogens is 5. The van der Waals surface area contributed by atoms with Crippen LogP contribution in [0.15, 0.2) is 24.7 Å². The van der Waals surface area contributed by atoms with Crippen molar-refractivity contribution in [1.82, 2.24) is 24.7 Å². The van der Waals surface area contributed by atoms with Crippen LogP contribution in [0.5, 0.6) is 0 Å². The maximum atomic E-state index is 13.1. The molecule has 7 nitrogen and oxygen atoms in total. The first-order chi connectivity index (χ1) is 10.1. The van der Waals surface area contributed by atoms with Gasteiger partial charge in [0.05, 0.1) is 17.9 Å². The molecule has 0 unspecified atom stereocenters. The number of carbonyl (C=O) groups is 1. The molecular weight excluding hydrogens is 275 g/mol. The van der Waals surface area contributed by atoms with E-state index >= 15 is 0 Å². The van der Waals surface area contributed by atoms with Crippen molar-refractivity contribution in [2.75, 3.05) is 5.73 Å². The molecule has 0 aliphatic carbocycles. The first-order valence-electron chi connectivity index (χ1n) is 6.25. The highest BCUT2D eigenvalue weighted by atomic mass is 19.1. The van der Waals surface area contributed by atoms with E-state index in [0.29, 0.717) is 23.0 Å². The van der Waals surface area contributed by atoms with Gasteiger partial charge >= 0.3 is 0 Å². The van der Waals surface area contributed by atoms with E-state index in [9.17, 15) is 9.18 Å². The monoisotopic (exact) mass is 286 g/mol. The van der Waals surface area contributed by atoms with E-state index in [1.54, 1.807) is 13.0 Å². The van der Waals surface area contributed by atoms with Crippen LogP contribution in [0, 0.1) is 5.82 Å². The average molecular weight is 286 g/mol. The minimum atomic E-state index is -0.699. The fourth-order valence-electron chi connectivity index (χ4n) is 1.90. The van der Waals surface area contributed by atoms with Gasteiger partial charge in [0.1, 0.15) is 5.52 Å². The van der Waals surface area contributed by atoms with Crippen LogP contribution in [0.3, 0.4) is 0 Å². The lowest BCUT2D eigenvalue weighted by molar-refractivity contribution is 0.0988. The van der Waals surface area contributed by atoms with Crippen LogP contribution in [0.2, 0.25) is 0 Å². The zero-order chi connectivity index (χ0) is 15.0. The Hall–Kier alpha value is -2.90. The van der Waals surface area contributed by atoms with Crippen molar-refractivity contribution in [3.05, 3.63) is 36.0 Å². The summed E-state index contributed by atoms with van der Waals surface area (Å²) in [5.41, 5.74) is 7.04. The summed E-state index contributed by atoms with van der Waals surface area (Å²) < 4.78 is 14.5. The molecule has 0 atom stereocenters. The normalized spacial score (nSPS) is 11.0. The van der Waals surface area contributed by atoms with Gasteiger partial charge in [-0.15, -0.1) is 0 Å². The second-order valence-electron chi connectivity index (χ2n) is 4.36. The number of hydrogen-bond donors (Lipinski definition) is 1. The van der Waals surface area contributed by atoms with Crippen molar-refractivity contribution >= 4 is 22.6 Å². The first kappa shape index (κ1) is 13.1. The summed E-state index contributed by atoms with van der Waals surface area (Å²) in [7, 11) is 0. The molecule has 0 saturated heterocycles. The Morgan fingerprint density at radius 2 is 2.14 bits per heavy atom. The van der Waals surface area contributed by atoms with Gasteiger partial charge in [-0.05, 0) is 6.07 Å². The predicted octanol–water partition coefficient (Wildman–Crippen LogP) is 1.52. The highest BCUT2D eigenvalue weighted by molar-refractivity contribution is 5.98. The number of Topliss-reactive ketones (excluding diaryl/α,β-unsaturated/α-hetero) is 1. The summed E-state index contributed by atoms with van der Waals surface area (Å²) in [6, 6.07) is 1.66. The van der Waals surface area contributed by atoms with Crippen LogP contribution < -0.4 is 5.73 Å². The highest BCUT2D eigenvalue weighted by Crippen LogP contribution is 2.17. The van der Waals surface area contributed by atoms with Crippen LogP contribution in [0.1, 0.15) is 23.7 Å². The van der Waals surface area contributed by atoms with Gasteiger partial charge < -0.3 is 5.73 Å². The van der Waals surface area contributed by atoms with E-state index in [0.717, 1.165) is 6.20 Å². The zero-order valence-corrected chi connectivity index (χ0v) is 11.1. The SMILES string of the molecule is CCC(=O)c1cnc2cnn(-c3ncc(F)c(N)n3)c2c1. The number of anilines is 1. The fourth-order valence-corrected chi connectivity index (χ4v) is 1.90. The Bertz CT molecular complexity index is 844. The molecule has 3 aromatic heterocycles. The smallest absolute Gasteiger partial charge is 0.253 e. The molecule has 0 radical (unpaired) electrons. The van der Waals surface area contributed by atoms with Crippen molar-refractivity contribution in [3.8, 4) is 5.95 Å². The molecule has 21 heavy (non-hydrogen) atoms. The van der Waals surface area contributed by atoms with Crippen molar-refractivity contribution in [2.24, 2.45) is 0 Å². The predicted molar refractivity (Wildman–Crippen MR) is 73.4 cm³/mol. The zero-order valence-electron chi connectivity index (χ0n) is 11.1. The quantitative estimate of drug-likeness (QED) is 0.733. The van der Waals surface area contributed by atoms with E-state index in [4.69, 9.17) is 5.73 Å². The van der Waals surface area contributed by atoms with Gasteiger partial charge in [-0.2, -0.15) is 14.8 Å². The Labute approximate surface area is 118 Å². The van der Waals surface area contributed by atoms with E-state index in [2.05, 4.69) is 20.1 Å². The number of nitrogens with zero attached hydrogens (tertiary/aromatic N) is 5. The van der Waals surface area contributed by atoms with E-state index in [1.165, 1.54) is 17.1 Å². The molecule has 3 aromatic rings. The molecule has 3 heterocycles. The van der Waals surface area contributed by atoms with E-state index < -0.39 is 5.82 Å². The van der Waals surface area contributed by atoms with Gasteiger partial charge in [0, 0.05) is 18.2 Å². The number of carbonyl (C=O) groups excluding carboxylic acids is 1. The Balaban J connectivity index is 2.18. The van der Waals surface area contributed by atoms with Gasteiger partial charge in [0.15, 0.2) is 17.4 Å². The van der Waals surface area contributed by atoms with Gasteiger partial charge in [-0.3, -0.25) is 9.78 Å². The van der Waals surface area contributed by atoms with Crippen LogP contribution in [-0.2, 0) is 0 Å². The summed E-state index contributed by atoms with van der Waals surface area (Å²) in [5, 5.41) is 4.10. The molecule has 106 valence electrons. The Morgan fingerprint density at radius 1 is 1.33 bits per heavy atom. The number of rotatable bonds is 3. The number of fused-ring (bicyclic) bond motifs is 1. The van der Waals surface area contributed by atoms with Crippen molar-refractivity contribution in [2.45, 2.75) is 13.3 Å². The van der Waals surface area contributed by atoms with Crippen molar-refractivity contribution in [1.29, 1.82) is 0 Å². The second-order valence-corrected chi connectivity index (χ2v) is 4.36. The summed E-state index contributed by atoms with van der Waals surface area (Å²) >= 11 is 0. The maximum absolute atomic E-state index is 13.1. The summed E-state index contributed by atoms with van der Waals surface area (Å²) in [6.45, 7) is 1.77. The molecule has 2 N–H and O–H groups in total. The molecule has 0 spiro atoms. The minimum absolute atomic E-state index is 0.0308. The second kappa shape index (κ2) is 4.89.